The fourth-order valence-corrected chi connectivity index (χ4v) is 2.58. The highest BCUT2D eigenvalue weighted by Gasteiger charge is 2.27. The summed E-state index contributed by atoms with van der Waals surface area (Å²) in [5, 5.41) is 32.5. The lowest BCUT2D eigenvalue weighted by Crippen LogP contribution is -2.27. The maximum atomic E-state index is 11.8. The predicted molar refractivity (Wildman–Crippen MR) is 104 cm³/mol. The van der Waals surface area contributed by atoms with Crippen LogP contribution in [0.3, 0.4) is 0 Å². The highest BCUT2D eigenvalue weighted by Crippen LogP contribution is 2.37. The first-order valence-electron chi connectivity index (χ1n) is 8.53. The van der Waals surface area contributed by atoms with E-state index in [-0.39, 0.29) is 43.3 Å². The lowest BCUT2D eigenvalue weighted by atomic mass is 10.2. The van der Waals surface area contributed by atoms with Crippen LogP contribution in [-0.4, -0.2) is 42.2 Å². The molecule has 0 bridgehead atoms. The highest BCUT2D eigenvalue weighted by molar-refractivity contribution is 5.76. The van der Waals surface area contributed by atoms with Crippen LogP contribution in [0.25, 0.3) is 0 Å². The topological polar surface area (TPSA) is 150 Å². The van der Waals surface area contributed by atoms with E-state index >= 15 is 0 Å². The Balaban J connectivity index is 2.49. The average Bonchev–Trinajstić information content (AvgIpc) is 2.73. The summed E-state index contributed by atoms with van der Waals surface area (Å²) in [4.78, 5) is 20.8. The lowest BCUT2D eigenvalue weighted by Gasteiger charge is -2.21. The number of nitrogens with zero attached hydrogens (tertiary/aromatic N) is 6. The van der Waals surface area contributed by atoms with Crippen LogP contribution in [-0.2, 0) is 0 Å². The number of rotatable bonds is 10. The second-order valence-electron chi connectivity index (χ2n) is 5.65. The highest BCUT2D eigenvalue weighted by atomic mass is 16.6. The van der Waals surface area contributed by atoms with Crippen molar-refractivity contribution in [3.63, 3.8) is 0 Å². The van der Waals surface area contributed by atoms with E-state index in [0.717, 1.165) is 0 Å². The Hall–Kier alpha value is -4.12. The minimum absolute atomic E-state index is 0.0329. The van der Waals surface area contributed by atoms with Gasteiger partial charge in [0.15, 0.2) is 0 Å². The van der Waals surface area contributed by atoms with Crippen molar-refractivity contribution in [1.29, 1.82) is 10.5 Å². The molecule has 1 heterocycles. The quantitative estimate of drug-likeness (QED) is 0.468. The monoisotopic (exact) mass is 397 g/mol. The van der Waals surface area contributed by atoms with Gasteiger partial charge >= 0.3 is 5.69 Å². The van der Waals surface area contributed by atoms with E-state index in [1.165, 1.54) is 25.4 Å². The van der Waals surface area contributed by atoms with Gasteiger partial charge in [0.25, 0.3) is 0 Å². The van der Waals surface area contributed by atoms with Gasteiger partial charge in [-0.2, -0.15) is 10.5 Å². The molecule has 11 nitrogen and oxygen atoms in total. The fraction of sp³-hybridized carbons (Fsp3) is 0.333. The first-order chi connectivity index (χ1) is 14.0. The molecule has 1 aromatic carbocycles. The molecule has 0 aliphatic carbocycles. The molecule has 2 aromatic rings. The van der Waals surface area contributed by atoms with Gasteiger partial charge in [0.1, 0.15) is 17.8 Å². The maximum absolute atomic E-state index is 11.8. The van der Waals surface area contributed by atoms with Crippen LogP contribution in [0.5, 0.6) is 11.5 Å². The third kappa shape index (κ3) is 5.20. The lowest BCUT2D eigenvalue weighted by molar-refractivity contribution is -0.383. The zero-order valence-electron chi connectivity index (χ0n) is 16.0. The molecule has 0 saturated heterocycles. The summed E-state index contributed by atoms with van der Waals surface area (Å²) < 4.78 is 10.5. The van der Waals surface area contributed by atoms with E-state index in [1.807, 2.05) is 12.1 Å². The average molecular weight is 397 g/mol. The van der Waals surface area contributed by atoms with Gasteiger partial charge < -0.3 is 19.7 Å². The third-order valence-electron chi connectivity index (χ3n) is 3.93. The van der Waals surface area contributed by atoms with Crippen molar-refractivity contribution in [3.8, 4) is 23.6 Å². The summed E-state index contributed by atoms with van der Waals surface area (Å²) >= 11 is 0. The van der Waals surface area contributed by atoms with Gasteiger partial charge in [-0.3, -0.25) is 10.1 Å². The Kier molecular flexibility index (Phi) is 7.51. The van der Waals surface area contributed by atoms with Crippen LogP contribution in [0.4, 0.5) is 23.0 Å². The number of hydrogen-bond acceptors (Lipinski definition) is 10. The number of nitriles is 2. The van der Waals surface area contributed by atoms with Crippen LogP contribution in [0.1, 0.15) is 12.8 Å². The molecule has 0 amide bonds. The van der Waals surface area contributed by atoms with Gasteiger partial charge in [-0.05, 0) is 12.1 Å². The summed E-state index contributed by atoms with van der Waals surface area (Å²) in [7, 11) is 2.98. The number of aromatic nitrogens is 2. The van der Waals surface area contributed by atoms with Crippen molar-refractivity contribution in [1.82, 2.24) is 9.97 Å². The molecule has 0 aliphatic rings. The number of anilines is 3. The van der Waals surface area contributed by atoms with Gasteiger partial charge in [-0.25, -0.2) is 9.97 Å². The maximum Gasteiger partial charge on any atom is 0.353 e. The first kappa shape index (κ1) is 21.2. The van der Waals surface area contributed by atoms with Gasteiger partial charge in [0.2, 0.25) is 11.6 Å². The van der Waals surface area contributed by atoms with Crippen LogP contribution < -0.4 is 19.7 Å². The number of nitro groups is 1. The molecule has 11 heteroatoms. The van der Waals surface area contributed by atoms with E-state index in [4.69, 9.17) is 20.0 Å². The Labute approximate surface area is 167 Å². The molecule has 150 valence electrons. The first-order valence-corrected chi connectivity index (χ1v) is 8.53. The van der Waals surface area contributed by atoms with Crippen LogP contribution in [0.2, 0.25) is 0 Å². The minimum atomic E-state index is -0.598. The van der Waals surface area contributed by atoms with Gasteiger partial charge in [-0.15, -0.1) is 0 Å². The van der Waals surface area contributed by atoms with E-state index in [0.29, 0.717) is 17.2 Å². The molecule has 2 rings (SSSR count). The van der Waals surface area contributed by atoms with Crippen LogP contribution in [0.15, 0.2) is 24.5 Å². The predicted octanol–water partition coefficient (Wildman–Crippen LogP) is 2.78. The van der Waals surface area contributed by atoms with Gasteiger partial charge in [0.05, 0.1) is 49.8 Å². The normalized spacial score (nSPS) is 9.79. The SMILES string of the molecule is COc1ccc(Nc2ncnc(N(CCC#N)CCC#N)c2[N+](=O)[O-])c(OC)c1. The van der Waals surface area contributed by atoms with Crippen molar-refractivity contribution < 1.29 is 14.4 Å². The van der Waals surface area contributed by atoms with Crippen molar-refractivity contribution in [2.45, 2.75) is 12.8 Å². The van der Waals surface area contributed by atoms with E-state index in [2.05, 4.69) is 15.3 Å². The number of methoxy groups -OCH3 is 2. The molecule has 1 aromatic heterocycles. The van der Waals surface area contributed by atoms with Crippen molar-refractivity contribution >= 4 is 23.0 Å². The van der Waals surface area contributed by atoms with E-state index in [9.17, 15) is 10.1 Å². The Morgan fingerprint density at radius 3 is 2.41 bits per heavy atom. The van der Waals surface area contributed by atoms with Crippen molar-refractivity contribution in [3.05, 3.63) is 34.6 Å². The van der Waals surface area contributed by atoms with Gasteiger partial charge in [0, 0.05) is 19.2 Å². The van der Waals surface area contributed by atoms with Crippen molar-refractivity contribution in [2.75, 3.05) is 37.5 Å². The molecule has 1 N–H and O–H groups in total. The number of ether oxygens (including phenoxy) is 2. The molecular weight excluding hydrogens is 378 g/mol. The second-order valence-corrected chi connectivity index (χ2v) is 5.65. The van der Waals surface area contributed by atoms with E-state index < -0.39 is 4.92 Å². The van der Waals surface area contributed by atoms with Crippen LogP contribution in [0, 0.1) is 32.8 Å². The molecule has 0 spiro atoms. The fourth-order valence-electron chi connectivity index (χ4n) is 2.58. The molecule has 0 aliphatic heterocycles. The van der Waals surface area contributed by atoms with E-state index in [1.54, 1.807) is 18.2 Å². The summed E-state index contributed by atoms with van der Waals surface area (Å²) in [6.07, 6.45) is 1.44. The zero-order chi connectivity index (χ0) is 21.2. The van der Waals surface area contributed by atoms with Crippen molar-refractivity contribution in [2.24, 2.45) is 0 Å². The standard InChI is InChI=1S/C18H19N7O4/c1-28-13-5-6-14(15(11-13)29-2)23-17-16(25(26)27)18(22-12-21-17)24(9-3-7-19)10-4-8-20/h5-6,11-12H,3-4,9-10H2,1-2H3,(H,21,22,23). The third-order valence-corrected chi connectivity index (χ3v) is 3.93. The molecule has 0 radical (unpaired) electrons. The van der Waals surface area contributed by atoms with Crippen LogP contribution >= 0.6 is 0 Å². The second kappa shape index (κ2) is 10.3. The molecule has 0 fully saturated rings. The molecule has 0 unspecified atom stereocenters. The molecule has 0 saturated carbocycles. The smallest absolute Gasteiger partial charge is 0.353 e. The van der Waals surface area contributed by atoms with Gasteiger partial charge in [-0.1, -0.05) is 0 Å². The molecule has 0 atom stereocenters. The summed E-state index contributed by atoms with van der Waals surface area (Å²) in [5.41, 5.74) is 0.0860. The summed E-state index contributed by atoms with van der Waals surface area (Å²) in [6, 6.07) is 8.93. The summed E-state index contributed by atoms with van der Waals surface area (Å²) in [6.45, 7) is 0.392. The largest absolute Gasteiger partial charge is 0.497 e. The Morgan fingerprint density at radius 1 is 1.17 bits per heavy atom. The Bertz CT molecular complexity index is 934. The molecular formula is C18H19N7O4. The summed E-state index contributed by atoms with van der Waals surface area (Å²) in [5.74, 6) is 0.960. The number of benzene rings is 1. The minimum Gasteiger partial charge on any atom is -0.497 e. The number of nitrogens with one attached hydrogen (secondary N) is 1. The Morgan fingerprint density at radius 2 is 1.86 bits per heavy atom. The zero-order valence-corrected chi connectivity index (χ0v) is 16.0. The molecule has 29 heavy (non-hydrogen) atoms. The number of hydrogen-bond donors (Lipinski definition) is 1.